The van der Waals surface area contributed by atoms with E-state index in [-0.39, 0.29) is 29.6 Å². The first kappa shape index (κ1) is 22.6. The highest BCUT2D eigenvalue weighted by Crippen LogP contribution is 2.36. The van der Waals surface area contributed by atoms with Gasteiger partial charge in [-0.3, -0.25) is 19.3 Å². The van der Waals surface area contributed by atoms with Gasteiger partial charge in [-0.15, -0.1) is 0 Å². The fraction of sp³-hybridized carbons (Fsp3) is 0.577. The van der Waals surface area contributed by atoms with Crippen molar-refractivity contribution >= 4 is 17.7 Å². The number of piperidine rings is 1. The molecule has 2 heterocycles. The molecule has 32 heavy (non-hydrogen) atoms. The van der Waals surface area contributed by atoms with Crippen LogP contribution in [0.25, 0.3) is 0 Å². The predicted molar refractivity (Wildman–Crippen MR) is 122 cm³/mol. The minimum atomic E-state index is -0.707. The van der Waals surface area contributed by atoms with Crippen molar-refractivity contribution in [3.63, 3.8) is 0 Å². The van der Waals surface area contributed by atoms with Crippen LogP contribution < -0.4 is 4.74 Å². The highest BCUT2D eigenvalue weighted by atomic mass is 16.5. The van der Waals surface area contributed by atoms with Crippen LogP contribution >= 0.6 is 0 Å². The van der Waals surface area contributed by atoms with Crippen LogP contribution in [-0.4, -0.2) is 53.3 Å². The van der Waals surface area contributed by atoms with Crippen LogP contribution in [0.3, 0.4) is 0 Å². The summed E-state index contributed by atoms with van der Waals surface area (Å²) in [6.45, 7) is 5.76. The maximum atomic E-state index is 13.1. The van der Waals surface area contributed by atoms with Crippen LogP contribution in [0.1, 0.15) is 51.5 Å². The molecule has 0 unspecified atom stereocenters. The molecule has 2 fully saturated rings. The molecule has 1 aromatic carbocycles. The lowest BCUT2D eigenvalue weighted by molar-refractivity contribution is -0.151. The van der Waals surface area contributed by atoms with Gasteiger partial charge >= 0.3 is 0 Å². The summed E-state index contributed by atoms with van der Waals surface area (Å²) in [5.41, 5.74) is 1.31. The van der Waals surface area contributed by atoms with Gasteiger partial charge in [0.05, 0.1) is 18.4 Å². The van der Waals surface area contributed by atoms with Gasteiger partial charge in [0.25, 0.3) is 0 Å². The Morgan fingerprint density at radius 3 is 2.19 bits per heavy atom. The summed E-state index contributed by atoms with van der Waals surface area (Å²) in [5, 5.41) is 0. The van der Waals surface area contributed by atoms with Crippen LogP contribution in [0.4, 0.5) is 0 Å². The first-order chi connectivity index (χ1) is 15.5. The van der Waals surface area contributed by atoms with Crippen molar-refractivity contribution in [2.24, 2.45) is 17.8 Å². The number of amides is 3. The topological polar surface area (TPSA) is 66.9 Å². The van der Waals surface area contributed by atoms with Crippen molar-refractivity contribution in [3.8, 4) is 5.75 Å². The molecular formula is C26H34N2O4. The van der Waals surface area contributed by atoms with Gasteiger partial charge in [0, 0.05) is 13.1 Å². The van der Waals surface area contributed by atoms with Crippen molar-refractivity contribution < 1.29 is 19.1 Å². The Hall–Kier alpha value is -2.63. The largest absolute Gasteiger partial charge is 0.494 e. The van der Waals surface area contributed by atoms with E-state index in [9.17, 15) is 14.4 Å². The minimum Gasteiger partial charge on any atom is -0.494 e. The molecule has 0 N–H and O–H groups in total. The van der Waals surface area contributed by atoms with Gasteiger partial charge in [-0.25, -0.2) is 0 Å². The molecule has 0 radical (unpaired) electrons. The standard InChI is InChI=1S/C26H34N2O4/c1-3-32-21-12-10-19(11-13-21)8-9-20-14-16-27(17-15-20)24(29)18(2)28-25(30)22-6-4-5-7-23(22)26(28)31/h4-5,10-13,18,20,22-23H,3,6-9,14-17H2,1-2H3/t18-,22+,23+/m0/s1. The van der Waals surface area contributed by atoms with Crippen LogP contribution in [0.2, 0.25) is 0 Å². The van der Waals surface area contributed by atoms with E-state index >= 15 is 0 Å². The maximum Gasteiger partial charge on any atom is 0.245 e. The second kappa shape index (κ2) is 9.88. The number of carbonyl (C=O) groups excluding carboxylic acids is 3. The first-order valence-corrected chi connectivity index (χ1v) is 12.0. The monoisotopic (exact) mass is 438 g/mol. The third kappa shape index (κ3) is 4.59. The van der Waals surface area contributed by atoms with Gasteiger partial charge in [-0.05, 0) is 76.0 Å². The summed E-state index contributed by atoms with van der Waals surface area (Å²) in [4.78, 5) is 41.8. The summed E-state index contributed by atoms with van der Waals surface area (Å²) in [5.74, 6) is 0.494. The van der Waals surface area contributed by atoms with Crippen LogP contribution in [0.15, 0.2) is 36.4 Å². The second-order valence-electron chi connectivity index (χ2n) is 9.26. The summed E-state index contributed by atoms with van der Waals surface area (Å²) in [6.07, 6.45) is 9.21. The number of hydrogen-bond acceptors (Lipinski definition) is 4. The van der Waals surface area contributed by atoms with Crippen LogP contribution in [0.5, 0.6) is 5.75 Å². The smallest absolute Gasteiger partial charge is 0.245 e. The molecular weight excluding hydrogens is 404 g/mol. The number of benzene rings is 1. The van der Waals surface area contributed by atoms with Gasteiger partial charge in [0.15, 0.2) is 0 Å². The van der Waals surface area contributed by atoms with Crippen molar-refractivity contribution in [1.82, 2.24) is 9.80 Å². The second-order valence-corrected chi connectivity index (χ2v) is 9.26. The molecule has 0 bridgehead atoms. The van der Waals surface area contributed by atoms with E-state index in [4.69, 9.17) is 4.74 Å². The van der Waals surface area contributed by atoms with Gasteiger partial charge in [0.2, 0.25) is 17.7 Å². The average Bonchev–Trinajstić information content (AvgIpc) is 3.08. The average molecular weight is 439 g/mol. The number of rotatable bonds is 7. The lowest BCUT2D eigenvalue weighted by atomic mass is 9.85. The number of imide groups is 1. The normalized spacial score (nSPS) is 24.6. The quantitative estimate of drug-likeness (QED) is 0.482. The number of fused-ring (bicyclic) bond motifs is 1. The molecule has 3 amide bonds. The van der Waals surface area contributed by atoms with Crippen molar-refractivity contribution in [3.05, 3.63) is 42.0 Å². The lowest BCUT2D eigenvalue weighted by Gasteiger charge is -2.35. The molecule has 4 rings (SSSR count). The van der Waals surface area contributed by atoms with E-state index < -0.39 is 6.04 Å². The Morgan fingerprint density at radius 1 is 1.03 bits per heavy atom. The molecule has 2 saturated heterocycles. The summed E-state index contributed by atoms with van der Waals surface area (Å²) < 4.78 is 5.50. The predicted octanol–water partition coefficient (Wildman–Crippen LogP) is 3.60. The zero-order chi connectivity index (χ0) is 22.7. The number of likely N-dealkylation sites (tertiary alicyclic amines) is 2. The number of nitrogens with zero attached hydrogens (tertiary/aromatic N) is 2. The first-order valence-electron chi connectivity index (χ1n) is 12.0. The maximum absolute atomic E-state index is 13.1. The Labute approximate surface area is 190 Å². The van der Waals surface area contributed by atoms with Gasteiger partial charge < -0.3 is 9.64 Å². The molecule has 6 heteroatoms. The van der Waals surface area contributed by atoms with E-state index in [0.717, 1.165) is 31.4 Å². The van der Waals surface area contributed by atoms with Crippen LogP contribution in [-0.2, 0) is 20.8 Å². The summed E-state index contributed by atoms with van der Waals surface area (Å²) in [7, 11) is 0. The van der Waals surface area contributed by atoms with E-state index in [0.29, 0.717) is 38.5 Å². The van der Waals surface area contributed by atoms with Crippen LogP contribution in [0, 0.1) is 17.8 Å². The molecule has 3 atom stereocenters. The van der Waals surface area contributed by atoms with E-state index in [1.165, 1.54) is 10.5 Å². The third-order valence-electron chi connectivity index (χ3n) is 7.29. The SMILES string of the molecule is CCOc1ccc(CCC2CCN(C(=O)[C@H](C)N3C(=O)[C@@H]4CC=CC[C@H]4C3=O)CC2)cc1. The molecule has 1 aromatic rings. The van der Waals surface area contributed by atoms with E-state index in [1.807, 2.05) is 36.1 Å². The van der Waals surface area contributed by atoms with Crippen molar-refractivity contribution in [2.75, 3.05) is 19.7 Å². The molecule has 1 aliphatic carbocycles. The Bertz CT molecular complexity index is 844. The van der Waals surface area contributed by atoms with Gasteiger partial charge in [0.1, 0.15) is 11.8 Å². The number of allylic oxidation sites excluding steroid dienone is 2. The zero-order valence-corrected chi connectivity index (χ0v) is 19.2. The highest BCUT2D eigenvalue weighted by Gasteiger charge is 2.50. The Balaban J connectivity index is 1.26. The van der Waals surface area contributed by atoms with Crippen molar-refractivity contribution in [2.45, 2.75) is 58.4 Å². The fourth-order valence-electron chi connectivity index (χ4n) is 5.31. The van der Waals surface area contributed by atoms with Crippen molar-refractivity contribution in [1.29, 1.82) is 0 Å². The number of hydrogen-bond donors (Lipinski definition) is 0. The third-order valence-corrected chi connectivity index (χ3v) is 7.29. The molecule has 172 valence electrons. The van der Waals surface area contributed by atoms with E-state index in [2.05, 4.69) is 12.1 Å². The lowest BCUT2D eigenvalue weighted by Crippen LogP contribution is -2.51. The molecule has 0 saturated carbocycles. The zero-order valence-electron chi connectivity index (χ0n) is 19.2. The van der Waals surface area contributed by atoms with Gasteiger partial charge in [-0.1, -0.05) is 24.3 Å². The van der Waals surface area contributed by atoms with E-state index in [1.54, 1.807) is 6.92 Å². The number of aryl methyl sites for hydroxylation is 1. The molecule has 0 spiro atoms. The minimum absolute atomic E-state index is 0.0942. The number of ether oxygens (including phenoxy) is 1. The Kier molecular flexibility index (Phi) is 6.97. The molecule has 2 aliphatic heterocycles. The van der Waals surface area contributed by atoms with Gasteiger partial charge in [-0.2, -0.15) is 0 Å². The molecule has 0 aromatic heterocycles. The fourth-order valence-corrected chi connectivity index (χ4v) is 5.31. The molecule has 6 nitrogen and oxygen atoms in total. The summed E-state index contributed by atoms with van der Waals surface area (Å²) >= 11 is 0. The Morgan fingerprint density at radius 2 is 1.62 bits per heavy atom. The summed E-state index contributed by atoms with van der Waals surface area (Å²) in [6, 6.07) is 7.59. The highest BCUT2D eigenvalue weighted by molar-refractivity contribution is 6.08. The molecule has 3 aliphatic rings. The number of carbonyl (C=O) groups is 3.